The van der Waals surface area contributed by atoms with Crippen molar-refractivity contribution < 1.29 is 4.79 Å². The summed E-state index contributed by atoms with van der Waals surface area (Å²) >= 11 is 0. The van der Waals surface area contributed by atoms with Crippen LogP contribution in [0.3, 0.4) is 0 Å². The zero-order chi connectivity index (χ0) is 15.5. The first-order valence-electron chi connectivity index (χ1n) is 8.70. The molecule has 1 aromatic rings. The first-order chi connectivity index (χ1) is 10.7. The fourth-order valence-corrected chi connectivity index (χ4v) is 4.12. The zero-order valence-electron chi connectivity index (χ0n) is 14.2. The summed E-state index contributed by atoms with van der Waals surface area (Å²) < 4.78 is 1.83. The van der Waals surface area contributed by atoms with E-state index in [0.29, 0.717) is 11.9 Å². The number of amides is 1. The molecule has 5 nitrogen and oxygen atoms in total. The minimum Gasteiger partial charge on any atom is -0.340 e. The molecule has 1 aliphatic heterocycles. The van der Waals surface area contributed by atoms with Gasteiger partial charge in [0.1, 0.15) is 0 Å². The van der Waals surface area contributed by atoms with Crippen molar-refractivity contribution in [1.82, 2.24) is 20.0 Å². The average Bonchev–Trinajstić information content (AvgIpc) is 3.17. The minimum absolute atomic E-state index is 0. The molecule has 0 aromatic carbocycles. The molecule has 1 aromatic heterocycles. The molecule has 1 amide bonds. The van der Waals surface area contributed by atoms with E-state index in [1.807, 2.05) is 17.9 Å². The number of aromatic nitrogens is 2. The fourth-order valence-electron chi connectivity index (χ4n) is 4.12. The second-order valence-electron chi connectivity index (χ2n) is 6.73. The Morgan fingerprint density at radius 1 is 1.35 bits per heavy atom. The summed E-state index contributed by atoms with van der Waals surface area (Å²) in [5.74, 6) is 0.665. The molecule has 0 unspecified atom stereocenters. The van der Waals surface area contributed by atoms with Gasteiger partial charge in [-0.1, -0.05) is 19.3 Å². The van der Waals surface area contributed by atoms with Gasteiger partial charge in [-0.2, -0.15) is 5.10 Å². The highest BCUT2D eigenvalue weighted by molar-refractivity contribution is 5.85. The predicted octanol–water partition coefficient (Wildman–Crippen LogP) is 2.33. The third-order valence-electron chi connectivity index (χ3n) is 5.32. The van der Waals surface area contributed by atoms with Crippen molar-refractivity contribution in [3.63, 3.8) is 0 Å². The van der Waals surface area contributed by atoms with Crippen LogP contribution in [0.1, 0.15) is 50.5 Å². The summed E-state index contributed by atoms with van der Waals surface area (Å²) in [4.78, 5) is 15.3. The van der Waals surface area contributed by atoms with Gasteiger partial charge in [0.25, 0.3) is 0 Å². The first kappa shape index (κ1) is 18.3. The lowest BCUT2D eigenvalue weighted by Crippen LogP contribution is -2.45. The molecule has 2 atom stereocenters. The van der Waals surface area contributed by atoms with E-state index in [1.165, 1.54) is 37.7 Å². The maximum Gasteiger partial charge on any atom is 0.227 e. The van der Waals surface area contributed by atoms with Gasteiger partial charge in [0, 0.05) is 44.8 Å². The number of carbonyl (C=O) groups excluding carboxylic acids is 1. The van der Waals surface area contributed by atoms with Crippen LogP contribution in [-0.2, 0) is 11.8 Å². The van der Waals surface area contributed by atoms with Gasteiger partial charge in [0.2, 0.25) is 5.91 Å². The van der Waals surface area contributed by atoms with E-state index in [1.54, 1.807) is 0 Å². The van der Waals surface area contributed by atoms with Crippen molar-refractivity contribution >= 4 is 18.3 Å². The van der Waals surface area contributed by atoms with Gasteiger partial charge < -0.3 is 10.2 Å². The molecule has 3 rings (SSSR count). The highest BCUT2D eigenvalue weighted by Gasteiger charge is 2.38. The van der Waals surface area contributed by atoms with Gasteiger partial charge in [-0.3, -0.25) is 9.48 Å². The second-order valence-corrected chi connectivity index (χ2v) is 6.73. The zero-order valence-corrected chi connectivity index (χ0v) is 15.0. The van der Waals surface area contributed by atoms with E-state index in [4.69, 9.17) is 0 Å². The molecule has 23 heavy (non-hydrogen) atoms. The number of hydrogen-bond donors (Lipinski definition) is 1. The summed E-state index contributed by atoms with van der Waals surface area (Å²) in [6.45, 7) is 4.62. The molecular weight excluding hydrogens is 312 g/mol. The van der Waals surface area contributed by atoms with E-state index in [2.05, 4.69) is 28.4 Å². The molecule has 2 heterocycles. The number of nitrogens with zero attached hydrogens (tertiary/aromatic N) is 3. The minimum atomic E-state index is 0. The van der Waals surface area contributed by atoms with Crippen LogP contribution in [0.4, 0.5) is 0 Å². The number of aryl methyl sites for hydroxylation is 1. The van der Waals surface area contributed by atoms with Crippen molar-refractivity contribution in [3.8, 4) is 0 Å². The lowest BCUT2D eigenvalue weighted by Gasteiger charge is -2.36. The number of nitrogens with one attached hydrogen (secondary N) is 1. The molecule has 2 fully saturated rings. The molecular formula is C17H29ClN4O. The van der Waals surface area contributed by atoms with E-state index >= 15 is 0 Å². The van der Waals surface area contributed by atoms with Gasteiger partial charge >= 0.3 is 0 Å². The Morgan fingerprint density at radius 3 is 2.70 bits per heavy atom. The summed E-state index contributed by atoms with van der Waals surface area (Å²) in [5.41, 5.74) is 1.19. The Bertz CT molecular complexity index is 512. The summed E-state index contributed by atoms with van der Waals surface area (Å²) in [7, 11) is 1.93. The molecule has 1 aliphatic carbocycles. The maximum absolute atomic E-state index is 13.1. The third-order valence-corrected chi connectivity index (χ3v) is 5.32. The Kier molecular flexibility index (Phi) is 6.48. The number of hydrogen-bond acceptors (Lipinski definition) is 3. The molecule has 2 aliphatic rings. The average molecular weight is 341 g/mol. The highest BCUT2D eigenvalue weighted by atomic mass is 35.5. The van der Waals surface area contributed by atoms with E-state index in [9.17, 15) is 4.79 Å². The van der Waals surface area contributed by atoms with Crippen LogP contribution in [0, 0.1) is 5.92 Å². The topological polar surface area (TPSA) is 50.2 Å². The smallest absolute Gasteiger partial charge is 0.227 e. The lowest BCUT2D eigenvalue weighted by molar-refractivity contribution is -0.138. The highest BCUT2D eigenvalue weighted by Crippen LogP contribution is 2.31. The van der Waals surface area contributed by atoms with Crippen LogP contribution in [0.15, 0.2) is 12.4 Å². The van der Waals surface area contributed by atoms with Gasteiger partial charge in [0.15, 0.2) is 0 Å². The van der Waals surface area contributed by atoms with Crippen molar-refractivity contribution in [3.05, 3.63) is 18.0 Å². The van der Waals surface area contributed by atoms with Crippen LogP contribution >= 0.6 is 12.4 Å². The van der Waals surface area contributed by atoms with Crippen LogP contribution < -0.4 is 5.32 Å². The van der Waals surface area contributed by atoms with Crippen LogP contribution in [0.25, 0.3) is 0 Å². The molecule has 0 radical (unpaired) electrons. The van der Waals surface area contributed by atoms with E-state index in [-0.39, 0.29) is 24.2 Å². The summed E-state index contributed by atoms with van der Waals surface area (Å²) in [6.07, 6.45) is 10.2. The van der Waals surface area contributed by atoms with Crippen LogP contribution in [-0.4, -0.2) is 46.3 Å². The molecule has 1 saturated carbocycles. The standard InChI is InChI=1S/C17H28N4O.ClH/c1-3-21(14-7-5-4-6-8-14)17(22)16-11-18-10-15(16)13-9-19-20(2)12-13;/h9,12,14-16,18H,3-8,10-11H2,1-2H3;1H/t15-,16+;/m1./s1. The molecule has 1 saturated heterocycles. The summed E-state index contributed by atoms with van der Waals surface area (Å²) in [5, 5.41) is 7.68. The molecule has 130 valence electrons. The largest absolute Gasteiger partial charge is 0.340 e. The van der Waals surface area contributed by atoms with E-state index in [0.717, 1.165) is 19.6 Å². The van der Waals surface area contributed by atoms with Crippen molar-refractivity contribution in [2.75, 3.05) is 19.6 Å². The monoisotopic (exact) mass is 340 g/mol. The van der Waals surface area contributed by atoms with Gasteiger partial charge in [-0.15, -0.1) is 12.4 Å². The van der Waals surface area contributed by atoms with Crippen LogP contribution in [0.5, 0.6) is 0 Å². The van der Waals surface area contributed by atoms with Crippen molar-refractivity contribution in [2.45, 2.75) is 51.0 Å². The lowest BCUT2D eigenvalue weighted by atomic mass is 9.88. The Morgan fingerprint density at radius 2 is 2.09 bits per heavy atom. The van der Waals surface area contributed by atoms with Gasteiger partial charge in [0.05, 0.1) is 12.1 Å². The molecule has 6 heteroatoms. The van der Waals surface area contributed by atoms with Crippen LogP contribution in [0.2, 0.25) is 0 Å². The van der Waals surface area contributed by atoms with E-state index < -0.39 is 0 Å². The maximum atomic E-state index is 13.1. The fraction of sp³-hybridized carbons (Fsp3) is 0.765. The number of carbonyl (C=O) groups is 1. The SMILES string of the molecule is CCN(C(=O)[C@H]1CNC[C@@H]1c1cnn(C)c1)C1CCCCC1.Cl. The number of rotatable bonds is 4. The Hall–Kier alpha value is -1.07. The molecule has 1 N–H and O–H groups in total. The summed E-state index contributed by atoms with van der Waals surface area (Å²) in [6, 6.07) is 0.460. The quantitative estimate of drug-likeness (QED) is 0.915. The number of halogens is 1. The van der Waals surface area contributed by atoms with Gasteiger partial charge in [-0.05, 0) is 25.3 Å². The first-order valence-corrected chi connectivity index (χ1v) is 8.70. The molecule has 0 spiro atoms. The van der Waals surface area contributed by atoms with Crippen molar-refractivity contribution in [2.24, 2.45) is 13.0 Å². The normalized spacial score (nSPS) is 25.1. The Labute approximate surface area is 145 Å². The van der Waals surface area contributed by atoms with Gasteiger partial charge in [-0.25, -0.2) is 0 Å². The third kappa shape index (κ3) is 3.89. The Balaban J connectivity index is 0.00000192. The van der Waals surface area contributed by atoms with Crippen molar-refractivity contribution in [1.29, 1.82) is 0 Å². The second kappa shape index (κ2) is 8.15. The molecule has 0 bridgehead atoms. The predicted molar refractivity (Wildman–Crippen MR) is 93.8 cm³/mol.